The fourth-order valence-electron chi connectivity index (χ4n) is 1.05. The van der Waals surface area contributed by atoms with Gasteiger partial charge in [0.1, 0.15) is 0 Å². The Morgan fingerprint density at radius 2 is 1.62 bits per heavy atom. The molecule has 1 heterocycles. The average molecular weight is 270 g/mol. The second-order valence-corrected chi connectivity index (χ2v) is 3.96. The molecule has 0 atom stereocenters. The van der Waals surface area contributed by atoms with Gasteiger partial charge < -0.3 is 4.37 Å². The Kier molecular flexibility index (Phi) is 8.92. The van der Waals surface area contributed by atoms with Gasteiger partial charge in [-0.15, -0.1) is 0 Å². The normalized spacial score (nSPS) is 9.69. The third kappa shape index (κ3) is 4.22. The van der Waals surface area contributed by atoms with Crippen LogP contribution in [0.15, 0.2) is 0 Å². The SMILES string of the molecule is CC(C)c1[c-]snc1C(C)C.[V].[V]. The molecule has 0 saturated heterocycles. The van der Waals surface area contributed by atoms with Crippen molar-refractivity contribution in [3.8, 4) is 0 Å². The van der Waals surface area contributed by atoms with E-state index in [0.717, 1.165) is 0 Å². The molecule has 2 radical (unpaired) electrons. The first-order valence-electron chi connectivity index (χ1n) is 4.00. The molecule has 0 bridgehead atoms. The Bertz CT molecular complexity index is 211. The Morgan fingerprint density at radius 3 is 1.92 bits per heavy atom. The van der Waals surface area contributed by atoms with Gasteiger partial charge in [0.2, 0.25) is 0 Å². The summed E-state index contributed by atoms with van der Waals surface area (Å²) < 4.78 is 4.32. The van der Waals surface area contributed by atoms with Crippen molar-refractivity contribution in [2.45, 2.75) is 39.5 Å². The van der Waals surface area contributed by atoms with E-state index in [2.05, 4.69) is 37.4 Å². The van der Waals surface area contributed by atoms with E-state index >= 15 is 0 Å². The van der Waals surface area contributed by atoms with Crippen molar-refractivity contribution in [1.82, 2.24) is 4.37 Å². The fourth-order valence-corrected chi connectivity index (χ4v) is 1.94. The summed E-state index contributed by atoms with van der Waals surface area (Å²) in [6, 6.07) is 0. The zero-order valence-electron chi connectivity index (χ0n) is 8.40. The maximum Gasteiger partial charge on any atom is 0 e. The molecular weight excluding hydrogens is 256 g/mol. The smallest absolute Gasteiger partial charge is 0 e. The van der Waals surface area contributed by atoms with Crippen LogP contribution in [-0.4, -0.2) is 4.37 Å². The van der Waals surface area contributed by atoms with E-state index in [1.54, 1.807) is 0 Å². The minimum absolute atomic E-state index is 0. The van der Waals surface area contributed by atoms with Gasteiger partial charge in [0.15, 0.2) is 0 Å². The van der Waals surface area contributed by atoms with Gasteiger partial charge in [0.05, 0.1) is 0 Å². The van der Waals surface area contributed by atoms with E-state index in [-0.39, 0.29) is 37.1 Å². The van der Waals surface area contributed by atoms with Gasteiger partial charge in [-0.2, -0.15) is 22.5 Å². The largest absolute Gasteiger partial charge is 0.313 e. The molecule has 0 aliphatic rings. The van der Waals surface area contributed by atoms with Gasteiger partial charge in [0, 0.05) is 37.1 Å². The molecule has 0 fully saturated rings. The van der Waals surface area contributed by atoms with Crippen molar-refractivity contribution in [3.63, 3.8) is 0 Å². The van der Waals surface area contributed by atoms with Gasteiger partial charge in [-0.1, -0.05) is 45.2 Å². The molecule has 0 amide bonds. The van der Waals surface area contributed by atoms with Crippen LogP contribution in [0, 0.1) is 5.38 Å². The van der Waals surface area contributed by atoms with Crippen LogP contribution in [0.2, 0.25) is 0 Å². The molecule has 1 rings (SSSR count). The molecule has 0 N–H and O–H groups in total. The summed E-state index contributed by atoms with van der Waals surface area (Å²) in [7, 11) is 0. The van der Waals surface area contributed by atoms with Crippen LogP contribution in [0.5, 0.6) is 0 Å². The van der Waals surface area contributed by atoms with E-state index in [9.17, 15) is 0 Å². The summed E-state index contributed by atoms with van der Waals surface area (Å²) in [5.74, 6) is 1.10. The Labute approximate surface area is 109 Å². The monoisotopic (exact) mass is 270 g/mol. The van der Waals surface area contributed by atoms with Gasteiger partial charge in [-0.25, -0.2) is 0 Å². The molecule has 1 aromatic rings. The molecule has 0 spiro atoms. The van der Waals surface area contributed by atoms with Crippen molar-refractivity contribution >= 4 is 11.5 Å². The van der Waals surface area contributed by atoms with E-state index in [0.29, 0.717) is 11.8 Å². The predicted molar refractivity (Wildman–Crippen MR) is 49.1 cm³/mol. The van der Waals surface area contributed by atoms with E-state index in [1.807, 2.05) is 0 Å². The van der Waals surface area contributed by atoms with Crippen molar-refractivity contribution < 1.29 is 37.1 Å². The number of hydrogen-bond donors (Lipinski definition) is 0. The maximum atomic E-state index is 4.32. The van der Waals surface area contributed by atoms with Crippen molar-refractivity contribution in [2.75, 3.05) is 0 Å². The van der Waals surface area contributed by atoms with Crippen molar-refractivity contribution in [2.24, 2.45) is 0 Å². The Hall–Kier alpha value is 0.799. The first-order chi connectivity index (χ1) is 5.13. The topological polar surface area (TPSA) is 12.9 Å². The Balaban J connectivity index is 0. The molecule has 0 saturated carbocycles. The first kappa shape index (κ1) is 16.2. The number of aromatic nitrogens is 1. The van der Waals surface area contributed by atoms with Crippen molar-refractivity contribution in [1.29, 1.82) is 0 Å². The molecule has 0 aromatic carbocycles. The minimum atomic E-state index is 0. The Morgan fingerprint density at radius 1 is 1.08 bits per heavy atom. The molecule has 0 aliphatic heterocycles. The maximum absolute atomic E-state index is 4.32. The third-order valence-electron chi connectivity index (χ3n) is 1.70. The quantitative estimate of drug-likeness (QED) is 0.752. The van der Waals surface area contributed by atoms with E-state index in [1.165, 1.54) is 22.8 Å². The van der Waals surface area contributed by atoms with Crippen molar-refractivity contribution in [3.05, 3.63) is 16.6 Å². The van der Waals surface area contributed by atoms with Crippen LogP contribution in [0.25, 0.3) is 0 Å². The standard InChI is InChI=1S/C9H14NS.2V/c1-6(2)8-5-11-10-9(8)7(3)4;;/h6-7H,1-4H3;;/q-1;;. The summed E-state index contributed by atoms with van der Waals surface area (Å²) in [5, 5.41) is 3.22. The predicted octanol–water partition coefficient (Wildman–Crippen LogP) is 3.19. The van der Waals surface area contributed by atoms with Crippen LogP contribution < -0.4 is 0 Å². The molecule has 4 heteroatoms. The molecule has 0 aliphatic carbocycles. The van der Waals surface area contributed by atoms with Crippen LogP contribution in [0.3, 0.4) is 0 Å². The molecule has 13 heavy (non-hydrogen) atoms. The van der Waals surface area contributed by atoms with Gasteiger partial charge in [0.25, 0.3) is 0 Å². The third-order valence-corrected chi connectivity index (χ3v) is 2.30. The van der Waals surface area contributed by atoms with Gasteiger partial charge >= 0.3 is 0 Å². The summed E-state index contributed by atoms with van der Waals surface area (Å²) in [5.41, 5.74) is 2.52. The van der Waals surface area contributed by atoms with Crippen LogP contribution in [-0.2, 0) is 37.1 Å². The summed E-state index contributed by atoms with van der Waals surface area (Å²) in [6.45, 7) is 8.72. The molecular formula is C9H14NSV2-. The number of rotatable bonds is 2. The molecule has 0 unspecified atom stereocenters. The first-order valence-corrected chi connectivity index (χ1v) is 4.77. The zero-order valence-corrected chi connectivity index (χ0v) is 12.0. The van der Waals surface area contributed by atoms with Gasteiger partial charge in [-0.05, 0) is 0 Å². The number of nitrogens with zero attached hydrogens (tertiary/aromatic N) is 1. The second kappa shape index (κ2) is 7.14. The summed E-state index contributed by atoms with van der Waals surface area (Å²) in [6.07, 6.45) is 0. The molecule has 1 aromatic heterocycles. The summed E-state index contributed by atoms with van der Waals surface area (Å²) in [4.78, 5) is 0. The average Bonchev–Trinajstić information content (AvgIpc) is 2.32. The number of hydrogen-bond acceptors (Lipinski definition) is 2. The minimum Gasteiger partial charge on any atom is -0.313 e. The van der Waals surface area contributed by atoms with Crippen LogP contribution >= 0.6 is 11.5 Å². The van der Waals surface area contributed by atoms with Crippen LogP contribution in [0.4, 0.5) is 0 Å². The summed E-state index contributed by atoms with van der Waals surface area (Å²) >= 11 is 1.45. The fraction of sp³-hybridized carbons (Fsp3) is 0.667. The van der Waals surface area contributed by atoms with Gasteiger partial charge in [-0.3, -0.25) is 0 Å². The second-order valence-electron chi connectivity index (χ2n) is 3.39. The molecule has 1 nitrogen and oxygen atoms in total. The van der Waals surface area contributed by atoms with E-state index < -0.39 is 0 Å². The zero-order chi connectivity index (χ0) is 8.43. The van der Waals surface area contributed by atoms with Crippen LogP contribution in [0.1, 0.15) is 50.8 Å². The van der Waals surface area contributed by atoms with E-state index in [4.69, 9.17) is 0 Å². The molecule has 72 valence electrons.